The van der Waals surface area contributed by atoms with Gasteiger partial charge in [-0.3, -0.25) is 9.89 Å². The molecule has 1 aliphatic heterocycles. The van der Waals surface area contributed by atoms with E-state index in [4.69, 9.17) is 4.74 Å². The predicted molar refractivity (Wildman–Crippen MR) is 122 cm³/mol. The zero-order valence-corrected chi connectivity index (χ0v) is 19.5. The van der Waals surface area contributed by atoms with Crippen LogP contribution in [0.25, 0.3) is 0 Å². The first kappa shape index (κ1) is 24.0. The normalized spacial score (nSPS) is 23.5. The van der Waals surface area contributed by atoms with Crippen molar-refractivity contribution >= 4 is 29.9 Å². The number of piperidine rings is 1. The van der Waals surface area contributed by atoms with Crippen LogP contribution in [0.15, 0.2) is 4.99 Å². The number of halogens is 1. The number of likely N-dealkylation sites (N-methyl/N-ethyl adjacent to an activating group) is 1. The van der Waals surface area contributed by atoms with Crippen LogP contribution in [0.1, 0.15) is 65.2 Å². The molecule has 154 valence electrons. The fraction of sp³-hybridized carbons (Fsp3) is 0.950. The molecule has 0 amide bonds. The van der Waals surface area contributed by atoms with Crippen molar-refractivity contribution in [3.63, 3.8) is 0 Å². The van der Waals surface area contributed by atoms with E-state index in [9.17, 15) is 0 Å². The van der Waals surface area contributed by atoms with Crippen LogP contribution >= 0.6 is 24.0 Å². The summed E-state index contributed by atoms with van der Waals surface area (Å²) in [7, 11) is 1.88. The van der Waals surface area contributed by atoms with Gasteiger partial charge in [0.1, 0.15) is 0 Å². The van der Waals surface area contributed by atoms with Crippen LogP contribution in [-0.2, 0) is 4.74 Å². The highest BCUT2D eigenvalue weighted by molar-refractivity contribution is 14.0. The van der Waals surface area contributed by atoms with Crippen molar-refractivity contribution in [1.82, 2.24) is 15.5 Å². The van der Waals surface area contributed by atoms with Crippen LogP contribution < -0.4 is 10.6 Å². The van der Waals surface area contributed by atoms with E-state index in [-0.39, 0.29) is 24.0 Å². The summed E-state index contributed by atoms with van der Waals surface area (Å²) < 4.78 is 5.63. The van der Waals surface area contributed by atoms with Gasteiger partial charge in [0.05, 0.1) is 0 Å². The molecule has 1 saturated carbocycles. The van der Waals surface area contributed by atoms with Crippen molar-refractivity contribution < 1.29 is 4.74 Å². The van der Waals surface area contributed by atoms with Gasteiger partial charge in [-0.15, -0.1) is 24.0 Å². The van der Waals surface area contributed by atoms with Gasteiger partial charge in [-0.1, -0.05) is 26.2 Å². The number of hydrogen-bond acceptors (Lipinski definition) is 3. The second-order valence-corrected chi connectivity index (χ2v) is 7.74. The molecule has 0 radical (unpaired) electrons. The minimum Gasteiger partial charge on any atom is -0.382 e. The molecule has 0 aromatic carbocycles. The Morgan fingerprint density at radius 1 is 1.15 bits per heavy atom. The molecule has 0 aromatic rings. The van der Waals surface area contributed by atoms with Gasteiger partial charge in [0.2, 0.25) is 0 Å². The maximum absolute atomic E-state index is 5.63. The van der Waals surface area contributed by atoms with Crippen LogP contribution in [0, 0.1) is 5.41 Å². The SMILES string of the molecule is CCOCCC1(CNC(=NC)NCC2CCCCN2CC)CCCC1.I. The third kappa shape index (κ3) is 7.50. The Balaban J connectivity index is 0.00000338. The van der Waals surface area contributed by atoms with Gasteiger partial charge in [-0.25, -0.2) is 0 Å². The Morgan fingerprint density at radius 2 is 1.92 bits per heavy atom. The third-order valence-electron chi connectivity index (χ3n) is 6.16. The average molecular weight is 480 g/mol. The molecule has 1 heterocycles. The van der Waals surface area contributed by atoms with E-state index in [2.05, 4.69) is 34.4 Å². The lowest BCUT2D eigenvalue weighted by Gasteiger charge is -2.35. The second kappa shape index (κ2) is 13.2. The predicted octanol–water partition coefficient (Wildman–Crippen LogP) is 3.63. The monoisotopic (exact) mass is 480 g/mol. The Labute approximate surface area is 178 Å². The largest absolute Gasteiger partial charge is 0.382 e. The summed E-state index contributed by atoms with van der Waals surface area (Å²) in [5.41, 5.74) is 0.396. The molecule has 2 N–H and O–H groups in total. The van der Waals surface area contributed by atoms with E-state index < -0.39 is 0 Å². The second-order valence-electron chi connectivity index (χ2n) is 7.74. The molecule has 6 heteroatoms. The van der Waals surface area contributed by atoms with Crippen molar-refractivity contribution in [3.05, 3.63) is 0 Å². The lowest BCUT2D eigenvalue weighted by Crippen LogP contribution is -2.50. The number of rotatable bonds is 9. The summed E-state index contributed by atoms with van der Waals surface area (Å²) in [5, 5.41) is 7.19. The molecule has 26 heavy (non-hydrogen) atoms. The van der Waals surface area contributed by atoms with Crippen molar-refractivity contribution in [3.8, 4) is 0 Å². The Morgan fingerprint density at radius 3 is 2.58 bits per heavy atom. The molecule has 1 aliphatic carbocycles. The third-order valence-corrected chi connectivity index (χ3v) is 6.16. The first-order valence-electron chi connectivity index (χ1n) is 10.5. The summed E-state index contributed by atoms with van der Waals surface area (Å²) in [4.78, 5) is 7.06. The van der Waals surface area contributed by atoms with Crippen LogP contribution in [0.4, 0.5) is 0 Å². The topological polar surface area (TPSA) is 48.9 Å². The number of nitrogens with zero attached hydrogens (tertiary/aromatic N) is 2. The quantitative estimate of drug-likeness (QED) is 0.229. The van der Waals surface area contributed by atoms with Gasteiger partial charge in [-0.05, 0) is 57.5 Å². The fourth-order valence-corrected chi connectivity index (χ4v) is 4.49. The van der Waals surface area contributed by atoms with Crippen molar-refractivity contribution in [2.45, 2.75) is 71.3 Å². The lowest BCUT2D eigenvalue weighted by molar-refractivity contribution is 0.105. The molecule has 1 unspecified atom stereocenters. The number of hydrogen-bond donors (Lipinski definition) is 2. The molecule has 2 aliphatic rings. The van der Waals surface area contributed by atoms with Crippen LogP contribution in [0.2, 0.25) is 0 Å². The van der Waals surface area contributed by atoms with Gasteiger partial charge in [0, 0.05) is 39.4 Å². The van der Waals surface area contributed by atoms with E-state index >= 15 is 0 Å². The maximum Gasteiger partial charge on any atom is 0.191 e. The summed E-state index contributed by atoms with van der Waals surface area (Å²) in [6, 6.07) is 0.649. The highest BCUT2D eigenvalue weighted by atomic mass is 127. The number of likely N-dealkylation sites (tertiary alicyclic amines) is 1. The van der Waals surface area contributed by atoms with Crippen molar-refractivity contribution in [1.29, 1.82) is 0 Å². The van der Waals surface area contributed by atoms with E-state index in [0.717, 1.165) is 45.2 Å². The summed E-state index contributed by atoms with van der Waals surface area (Å²) in [5.74, 6) is 0.962. The van der Waals surface area contributed by atoms with Gasteiger partial charge in [0.25, 0.3) is 0 Å². The molecule has 2 fully saturated rings. The minimum absolute atomic E-state index is 0. The van der Waals surface area contributed by atoms with E-state index in [1.807, 2.05) is 7.05 Å². The van der Waals surface area contributed by atoms with E-state index in [0.29, 0.717) is 11.5 Å². The zero-order chi connectivity index (χ0) is 18.0. The Hall–Kier alpha value is -0.0800. The van der Waals surface area contributed by atoms with Crippen LogP contribution in [0.5, 0.6) is 0 Å². The number of guanidine groups is 1. The Kier molecular flexibility index (Phi) is 12.1. The fourth-order valence-electron chi connectivity index (χ4n) is 4.49. The highest BCUT2D eigenvalue weighted by Gasteiger charge is 2.33. The molecule has 2 rings (SSSR count). The van der Waals surface area contributed by atoms with E-state index in [1.165, 1.54) is 51.5 Å². The van der Waals surface area contributed by atoms with Crippen LogP contribution in [-0.4, -0.2) is 63.3 Å². The first-order chi connectivity index (χ1) is 12.2. The zero-order valence-electron chi connectivity index (χ0n) is 17.2. The maximum atomic E-state index is 5.63. The lowest BCUT2D eigenvalue weighted by atomic mass is 9.83. The van der Waals surface area contributed by atoms with Crippen molar-refractivity contribution in [2.24, 2.45) is 10.4 Å². The summed E-state index contributed by atoms with van der Waals surface area (Å²) in [6.07, 6.45) is 10.5. The molecule has 5 nitrogen and oxygen atoms in total. The first-order valence-corrected chi connectivity index (χ1v) is 10.5. The highest BCUT2D eigenvalue weighted by Crippen LogP contribution is 2.40. The molecule has 1 atom stereocenters. The summed E-state index contributed by atoms with van der Waals surface area (Å²) in [6.45, 7) is 10.5. The van der Waals surface area contributed by atoms with Crippen LogP contribution in [0.3, 0.4) is 0 Å². The van der Waals surface area contributed by atoms with Gasteiger partial charge < -0.3 is 15.4 Å². The standard InChI is InChI=1S/C20H40N4O.HI/c1-4-24-14-9-6-10-18(24)16-22-19(21-3)23-17-20(11-7-8-12-20)13-15-25-5-2;/h18H,4-17H2,1-3H3,(H2,21,22,23);1H. The minimum atomic E-state index is 0. The number of nitrogens with one attached hydrogen (secondary N) is 2. The average Bonchev–Trinajstić information content (AvgIpc) is 3.11. The molecule has 0 bridgehead atoms. The molecular formula is C20H41IN4O. The smallest absolute Gasteiger partial charge is 0.191 e. The molecular weight excluding hydrogens is 439 g/mol. The van der Waals surface area contributed by atoms with E-state index in [1.54, 1.807) is 0 Å². The molecule has 0 aromatic heterocycles. The number of ether oxygens (including phenoxy) is 1. The van der Waals surface area contributed by atoms with Gasteiger partial charge in [-0.2, -0.15) is 0 Å². The summed E-state index contributed by atoms with van der Waals surface area (Å²) >= 11 is 0. The van der Waals surface area contributed by atoms with Gasteiger partial charge in [0.15, 0.2) is 5.96 Å². The number of aliphatic imine (C=N–C) groups is 1. The Bertz CT molecular complexity index is 399. The van der Waals surface area contributed by atoms with Crippen molar-refractivity contribution in [2.75, 3.05) is 46.4 Å². The molecule has 0 spiro atoms. The van der Waals surface area contributed by atoms with Gasteiger partial charge >= 0.3 is 0 Å². The molecule has 1 saturated heterocycles.